The van der Waals surface area contributed by atoms with Crippen LogP contribution in [0.4, 0.5) is 17.1 Å². The zero-order chi connectivity index (χ0) is 34.6. The number of benzene rings is 8. The van der Waals surface area contributed by atoms with Crippen LogP contribution in [-0.4, -0.2) is 4.57 Å². The summed E-state index contributed by atoms with van der Waals surface area (Å²) in [6, 6.07) is 68.5. The first-order valence-corrected chi connectivity index (χ1v) is 18.6. The van der Waals surface area contributed by atoms with Crippen LogP contribution >= 0.6 is 11.3 Å². The van der Waals surface area contributed by atoms with Crippen LogP contribution in [0.2, 0.25) is 0 Å². The standard InChI is InChI=1S/C49H34N2S/c1-33-18-25-38(26-19-33)50(40-29-22-35(23-30-40)41-14-9-15-44-43-13-6-8-17-48(43)52-49(41)44)39-27-20-34(21-28-39)36-24-31-47-45(32-36)42-12-5-7-16-46(42)51(47)37-10-3-2-4-11-37/h2-32H,1H3. The minimum absolute atomic E-state index is 1.12. The number of anilines is 3. The van der Waals surface area contributed by atoms with E-state index >= 15 is 0 Å². The second kappa shape index (κ2) is 12.4. The number of rotatable bonds is 6. The zero-order valence-corrected chi connectivity index (χ0v) is 29.5. The summed E-state index contributed by atoms with van der Waals surface area (Å²) >= 11 is 1.88. The highest BCUT2D eigenvalue weighted by Crippen LogP contribution is 2.42. The number of hydrogen-bond acceptors (Lipinski definition) is 2. The Hall–Kier alpha value is -6.42. The molecule has 246 valence electrons. The van der Waals surface area contributed by atoms with Crippen molar-refractivity contribution in [1.29, 1.82) is 0 Å². The van der Waals surface area contributed by atoms with Crippen LogP contribution in [0.3, 0.4) is 0 Å². The summed E-state index contributed by atoms with van der Waals surface area (Å²) in [5, 5.41) is 5.17. The molecular weight excluding hydrogens is 649 g/mol. The van der Waals surface area contributed by atoms with E-state index in [-0.39, 0.29) is 0 Å². The zero-order valence-electron chi connectivity index (χ0n) is 28.7. The Balaban J connectivity index is 1.03. The third-order valence-electron chi connectivity index (χ3n) is 10.3. The van der Waals surface area contributed by atoms with E-state index in [0.29, 0.717) is 0 Å². The highest BCUT2D eigenvalue weighted by molar-refractivity contribution is 7.26. The fourth-order valence-corrected chi connectivity index (χ4v) is 8.95. The summed E-state index contributed by atoms with van der Waals surface area (Å²) in [6.45, 7) is 2.14. The minimum Gasteiger partial charge on any atom is -0.311 e. The second-order valence-electron chi connectivity index (χ2n) is 13.5. The molecule has 0 aliphatic heterocycles. The van der Waals surface area contributed by atoms with Gasteiger partial charge in [0.25, 0.3) is 0 Å². The third kappa shape index (κ3) is 5.09. The Morgan fingerprint density at radius 1 is 0.423 bits per heavy atom. The average Bonchev–Trinajstić information content (AvgIpc) is 3.75. The number of hydrogen-bond donors (Lipinski definition) is 0. The first-order valence-electron chi connectivity index (χ1n) is 17.8. The van der Waals surface area contributed by atoms with E-state index in [2.05, 4.69) is 204 Å². The number of thiophene rings is 1. The lowest BCUT2D eigenvalue weighted by Crippen LogP contribution is -2.09. The third-order valence-corrected chi connectivity index (χ3v) is 11.5. The first kappa shape index (κ1) is 30.4. The first-order chi connectivity index (χ1) is 25.7. The van der Waals surface area contributed by atoms with Gasteiger partial charge >= 0.3 is 0 Å². The number of aryl methyl sites for hydroxylation is 1. The summed E-state index contributed by atoms with van der Waals surface area (Å²) < 4.78 is 5.03. The molecule has 0 atom stereocenters. The van der Waals surface area contributed by atoms with Crippen LogP contribution in [0.25, 0.3) is 69.9 Å². The molecular formula is C49H34N2S. The smallest absolute Gasteiger partial charge is 0.0541 e. The largest absolute Gasteiger partial charge is 0.311 e. The molecule has 0 N–H and O–H groups in total. The van der Waals surface area contributed by atoms with Gasteiger partial charge in [0.2, 0.25) is 0 Å². The summed E-state index contributed by atoms with van der Waals surface area (Å²) in [5.74, 6) is 0. The van der Waals surface area contributed by atoms with Crippen LogP contribution in [0.1, 0.15) is 5.56 Å². The molecule has 2 nitrogen and oxygen atoms in total. The predicted octanol–water partition coefficient (Wildman–Crippen LogP) is 14.3. The van der Waals surface area contributed by atoms with Gasteiger partial charge in [0.1, 0.15) is 0 Å². The van der Waals surface area contributed by atoms with Crippen molar-refractivity contribution in [2.45, 2.75) is 6.92 Å². The van der Waals surface area contributed by atoms with Crippen LogP contribution < -0.4 is 4.90 Å². The molecule has 0 spiro atoms. The summed E-state index contributed by atoms with van der Waals surface area (Å²) in [7, 11) is 0. The van der Waals surface area contributed by atoms with Gasteiger partial charge in [-0.25, -0.2) is 0 Å². The molecule has 0 bridgehead atoms. The monoisotopic (exact) mass is 682 g/mol. The molecule has 3 heteroatoms. The summed E-state index contributed by atoms with van der Waals surface area (Å²) in [4.78, 5) is 2.35. The Morgan fingerprint density at radius 3 is 1.75 bits per heavy atom. The number of nitrogens with zero attached hydrogens (tertiary/aromatic N) is 2. The van der Waals surface area contributed by atoms with Crippen LogP contribution in [0, 0.1) is 6.92 Å². The molecule has 10 rings (SSSR count). The highest BCUT2D eigenvalue weighted by atomic mass is 32.1. The maximum atomic E-state index is 2.37. The molecule has 0 aliphatic carbocycles. The van der Waals surface area contributed by atoms with Gasteiger partial charge in [-0.15, -0.1) is 11.3 Å². The molecule has 0 saturated heterocycles. The SMILES string of the molecule is Cc1ccc(N(c2ccc(-c3ccc4c(c3)c3ccccc3n4-c3ccccc3)cc2)c2ccc(-c3cccc4c3sc3ccccc34)cc2)cc1. The molecule has 10 aromatic rings. The van der Waals surface area contributed by atoms with Gasteiger partial charge in [-0.2, -0.15) is 0 Å². The lowest BCUT2D eigenvalue weighted by atomic mass is 10.0. The van der Waals surface area contributed by atoms with Gasteiger partial charge in [-0.3, -0.25) is 0 Å². The predicted molar refractivity (Wildman–Crippen MR) is 224 cm³/mol. The van der Waals surface area contributed by atoms with Crippen LogP contribution in [0.5, 0.6) is 0 Å². The summed E-state index contributed by atoms with van der Waals surface area (Å²) in [5.41, 5.74) is 13.1. The molecule has 0 fully saturated rings. The van der Waals surface area contributed by atoms with Crippen molar-refractivity contribution in [3.8, 4) is 27.9 Å². The van der Waals surface area contributed by atoms with Crippen molar-refractivity contribution >= 4 is 70.4 Å². The second-order valence-corrected chi connectivity index (χ2v) is 14.5. The van der Waals surface area contributed by atoms with Gasteiger partial charge in [-0.1, -0.05) is 121 Å². The average molecular weight is 683 g/mol. The topological polar surface area (TPSA) is 8.17 Å². The van der Waals surface area contributed by atoms with Crippen LogP contribution in [-0.2, 0) is 0 Å². The molecule has 52 heavy (non-hydrogen) atoms. The minimum atomic E-state index is 1.12. The Labute approximate surface area is 307 Å². The van der Waals surface area contributed by atoms with Gasteiger partial charge < -0.3 is 9.47 Å². The van der Waals surface area contributed by atoms with E-state index in [1.807, 2.05) is 11.3 Å². The lowest BCUT2D eigenvalue weighted by molar-refractivity contribution is 1.18. The Kier molecular flexibility index (Phi) is 7.26. The lowest BCUT2D eigenvalue weighted by Gasteiger charge is -2.26. The van der Waals surface area contributed by atoms with E-state index in [0.717, 1.165) is 17.1 Å². The normalized spacial score (nSPS) is 11.6. The number of para-hydroxylation sites is 2. The molecule has 0 amide bonds. The van der Waals surface area contributed by atoms with Crippen molar-refractivity contribution in [1.82, 2.24) is 4.57 Å². The molecule has 0 unspecified atom stereocenters. The van der Waals surface area contributed by atoms with Crippen molar-refractivity contribution < 1.29 is 0 Å². The fourth-order valence-electron chi connectivity index (χ4n) is 7.72. The van der Waals surface area contributed by atoms with Gasteiger partial charge in [-0.05, 0) is 102 Å². The number of aromatic nitrogens is 1. The van der Waals surface area contributed by atoms with Crippen molar-refractivity contribution in [3.63, 3.8) is 0 Å². The number of fused-ring (bicyclic) bond motifs is 6. The van der Waals surface area contributed by atoms with E-state index in [9.17, 15) is 0 Å². The quantitative estimate of drug-likeness (QED) is 0.169. The fraction of sp³-hybridized carbons (Fsp3) is 0.0204. The Bertz CT molecular complexity index is 2880. The van der Waals surface area contributed by atoms with E-state index < -0.39 is 0 Å². The van der Waals surface area contributed by atoms with Crippen molar-refractivity contribution in [2.24, 2.45) is 0 Å². The van der Waals surface area contributed by atoms with Gasteiger partial charge in [0.05, 0.1) is 11.0 Å². The van der Waals surface area contributed by atoms with E-state index in [1.54, 1.807) is 0 Å². The van der Waals surface area contributed by atoms with Gasteiger partial charge in [0.15, 0.2) is 0 Å². The van der Waals surface area contributed by atoms with Crippen molar-refractivity contribution in [2.75, 3.05) is 4.90 Å². The molecule has 0 saturated carbocycles. The molecule has 2 aromatic heterocycles. The Morgan fingerprint density at radius 2 is 1.00 bits per heavy atom. The summed E-state index contributed by atoms with van der Waals surface area (Å²) in [6.07, 6.45) is 0. The molecule has 0 aliphatic rings. The maximum absolute atomic E-state index is 2.37. The van der Waals surface area contributed by atoms with Crippen LogP contribution in [0.15, 0.2) is 188 Å². The molecule has 2 heterocycles. The molecule has 0 radical (unpaired) electrons. The molecule has 8 aromatic carbocycles. The van der Waals surface area contributed by atoms with E-state index in [4.69, 9.17) is 0 Å². The highest BCUT2D eigenvalue weighted by Gasteiger charge is 2.16. The van der Waals surface area contributed by atoms with Crippen molar-refractivity contribution in [3.05, 3.63) is 194 Å². The maximum Gasteiger partial charge on any atom is 0.0541 e. The van der Waals surface area contributed by atoms with Gasteiger partial charge in [0, 0.05) is 53.7 Å². The van der Waals surface area contributed by atoms with E-state index in [1.165, 1.54) is 75.5 Å².